The molecule has 9 nitrogen and oxygen atoms in total. The summed E-state index contributed by atoms with van der Waals surface area (Å²) in [5.74, 6) is -2.40. The van der Waals surface area contributed by atoms with E-state index in [0.717, 1.165) is 16.7 Å². The summed E-state index contributed by atoms with van der Waals surface area (Å²) >= 11 is 7.45. The molecule has 0 aliphatic heterocycles. The smallest absolute Gasteiger partial charge is 0.305 e. The van der Waals surface area contributed by atoms with E-state index in [-0.39, 0.29) is 23.8 Å². The fraction of sp³-hybridized carbons (Fsp3) is 0.229. The van der Waals surface area contributed by atoms with E-state index in [1.165, 1.54) is 22.4 Å². The van der Waals surface area contributed by atoms with Crippen LogP contribution >= 0.6 is 23.4 Å². The van der Waals surface area contributed by atoms with Crippen LogP contribution in [0.2, 0.25) is 5.02 Å². The lowest BCUT2D eigenvalue weighted by molar-refractivity contribution is -0.139. The molecule has 0 radical (unpaired) electrons. The van der Waals surface area contributed by atoms with Crippen molar-refractivity contribution >= 4 is 52.6 Å². The average molecular weight is 660 g/mol. The highest BCUT2D eigenvalue weighted by molar-refractivity contribution is 7.99. The summed E-state index contributed by atoms with van der Waals surface area (Å²) in [5.41, 5.74) is 2.64. The number of nitrogens with zero attached hydrogens (tertiary/aromatic N) is 1. The zero-order chi connectivity index (χ0) is 32.9. The molecule has 0 saturated carbocycles. The van der Waals surface area contributed by atoms with Crippen molar-refractivity contribution in [2.75, 3.05) is 11.1 Å². The van der Waals surface area contributed by atoms with Gasteiger partial charge in [0.05, 0.1) is 18.2 Å². The number of benzene rings is 3. The first-order valence-electron chi connectivity index (χ1n) is 14.6. The van der Waals surface area contributed by atoms with E-state index in [0.29, 0.717) is 29.3 Å². The van der Waals surface area contributed by atoms with E-state index in [1.807, 2.05) is 72.8 Å². The van der Waals surface area contributed by atoms with Gasteiger partial charge in [0.25, 0.3) is 5.56 Å². The number of hydrogen-bond donors (Lipinski definition) is 3. The number of pyridine rings is 1. The van der Waals surface area contributed by atoms with Crippen LogP contribution in [0.1, 0.15) is 35.2 Å². The van der Waals surface area contributed by atoms with Crippen molar-refractivity contribution in [2.24, 2.45) is 0 Å². The molecule has 3 aromatic carbocycles. The van der Waals surface area contributed by atoms with Crippen LogP contribution in [0.4, 0.5) is 5.69 Å². The number of anilines is 1. The standard InChI is InChI=1S/C35H34ClN3O6S/c36-28-14-8-7-13-26(28)22-46-23-31(40)30(20-34(43)44)38-33(42)21-39-27(19-25-11-5-2-6-12-25)16-17-29(35(39)45)37-32(41)18-15-24-9-3-1-4-10-24/h1-14,16-17,30H,15,18-23H2,(H,37,41)(H,38,42)(H,43,44). The third kappa shape index (κ3) is 10.5. The first-order chi connectivity index (χ1) is 22.2. The van der Waals surface area contributed by atoms with Gasteiger partial charge in [-0.3, -0.25) is 24.0 Å². The van der Waals surface area contributed by atoms with Crippen LogP contribution in [0.3, 0.4) is 0 Å². The maximum atomic E-state index is 13.6. The predicted molar refractivity (Wildman–Crippen MR) is 180 cm³/mol. The largest absolute Gasteiger partial charge is 0.481 e. The molecule has 4 aromatic rings. The maximum absolute atomic E-state index is 13.6. The molecule has 238 valence electrons. The summed E-state index contributed by atoms with van der Waals surface area (Å²) < 4.78 is 1.24. The number of aromatic nitrogens is 1. The molecule has 4 rings (SSSR count). The highest BCUT2D eigenvalue weighted by Crippen LogP contribution is 2.21. The zero-order valence-electron chi connectivity index (χ0n) is 25.0. The second kappa shape index (κ2) is 17.1. The number of carbonyl (C=O) groups excluding carboxylic acids is 3. The molecule has 2 amide bonds. The summed E-state index contributed by atoms with van der Waals surface area (Å²) in [7, 11) is 0. The molecule has 0 fully saturated rings. The molecule has 46 heavy (non-hydrogen) atoms. The number of aliphatic carboxylic acids is 1. The molecule has 1 unspecified atom stereocenters. The third-order valence-electron chi connectivity index (χ3n) is 7.11. The van der Waals surface area contributed by atoms with Crippen molar-refractivity contribution in [1.82, 2.24) is 9.88 Å². The van der Waals surface area contributed by atoms with Crippen LogP contribution in [0.15, 0.2) is 102 Å². The fourth-order valence-corrected chi connectivity index (χ4v) is 6.00. The van der Waals surface area contributed by atoms with Gasteiger partial charge in [0.2, 0.25) is 11.8 Å². The lowest BCUT2D eigenvalue weighted by Crippen LogP contribution is -2.45. The Balaban J connectivity index is 1.48. The highest BCUT2D eigenvalue weighted by Gasteiger charge is 2.25. The van der Waals surface area contributed by atoms with Crippen molar-refractivity contribution in [1.29, 1.82) is 0 Å². The van der Waals surface area contributed by atoms with Gasteiger partial charge in [-0.15, -0.1) is 11.8 Å². The zero-order valence-corrected chi connectivity index (χ0v) is 26.6. The van der Waals surface area contributed by atoms with Crippen molar-refractivity contribution in [3.63, 3.8) is 0 Å². The Morgan fingerprint density at radius 2 is 1.48 bits per heavy atom. The van der Waals surface area contributed by atoms with E-state index >= 15 is 0 Å². The second-order valence-corrected chi connectivity index (χ2v) is 12.0. The summed E-state index contributed by atoms with van der Waals surface area (Å²) in [5, 5.41) is 15.2. The quantitative estimate of drug-likeness (QED) is 0.152. The van der Waals surface area contributed by atoms with Gasteiger partial charge in [-0.1, -0.05) is 90.5 Å². The van der Waals surface area contributed by atoms with E-state index in [9.17, 15) is 29.1 Å². The van der Waals surface area contributed by atoms with Gasteiger partial charge in [-0.2, -0.15) is 0 Å². The van der Waals surface area contributed by atoms with Gasteiger partial charge in [0.1, 0.15) is 12.2 Å². The normalized spacial score (nSPS) is 11.4. The monoisotopic (exact) mass is 659 g/mol. The molecule has 1 heterocycles. The van der Waals surface area contributed by atoms with Crippen LogP contribution in [-0.2, 0) is 44.3 Å². The van der Waals surface area contributed by atoms with Crippen LogP contribution in [0.25, 0.3) is 0 Å². The SMILES string of the molecule is O=C(O)CC(NC(=O)Cn1c(Cc2ccccc2)ccc(NC(=O)CCc2ccccc2)c1=O)C(=O)CSCc1ccccc1Cl. The van der Waals surface area contributed by atoms with Crippen molar-refractivity contribution < 1.29 is 24.3 Å². The topological polar surface area (TPSA) is 135 Å². The summed E-state index contributed by atoms with van der Waals surface area (Å²) in [6, 6.07) is 27.9. The number of aryl methyl sites for hydroxylation is 1. The van der Waals surface area contributed by atoms with Crippen LogP contribution in [-0.4, -0.2) is 45.0 Å². The molecule has 0 spiro atoms. The van der Waals surface area contributed by atoms with Crippen molar-refractivity contribution in [3.05, 3.63) is 135 Å². The lowest BCUT2D eigenvalue weighted by atomic mass is 10.1. The van der Waals surface area contributed by atoms with Crippen molar-refractivity contribution in [2.45, 2.75) is 44.0 Å². The molecule has 3 N–H and O–H groups in total. The van der Waals surface area contributed by atoms with Gasteiger partial charge in [-0.25, -0.2) is 0 Å². The Labute approximate surface area is 276 Å². The van der Waals surface area contributed by atoms with Gasteiger partial charge < -0.3 is 20.3 Å². The number of hydrogen-bond acceptors (Lipinski definition) is 6. The number of amides is 2. The third-order valence-corrected chi connectivity index (χ3v) is 8.49. The summed E-state index contributed by atoms with van der Waals surface area (Å²) in [6.45, 7) is -0.481. The molecule has 1 atom stereocenters. The molecular formula is C35H34ClN3O6S. The minimum Gasteiger partial charge on any atom is -0.481 e. The molecule has 11 heteroatoms. The number of halogens is 1. The van der Waals surface area contributed by atoms with Crippen LogP contribution in [0.5, 0.6) is 0 Å². The Hall–Kier alpha value is -4.67. The first-order valence-corrected chi connectivity index (χ1v) is 16.2. The molecular weight excluding hydrogens is 626 g/mol. The van der Waals surface area contributed by atoms with Crippen molar-refractivity contribution in [3.8, 4) is 0 Å². The van der Waals surface area contributed by atoms with E-state index < -0.39 is 42.2 Å². The molecule has 0 aliphatic carbocycles. The minimum absolute atomic E-state index is 0.0109. The predicted octanol–water partition coefficient (Wildman–Crippen LogP) is 5.13. The average Bonchev–Trinajstić information content (AvgIpc) is 3.04. The summed E-state index contributed by atoms with van der Waals surface area (Å²) in [4.78, 5) is 64.2. The fourth-order valence-electron chi connectivity index (χ4n) is 4.74. The minimum atomic E-state index is -1.29. The van der Waals surface area contributed by atoms with Gasteiger partial charge in [0, 0.05) is 29.3 Å². The maximum Gasteiger partial charge on any atom is 0.305 e. The Morgan fingerprint density at radius 3 is 2.15 bits per heavy atom. The Morgan fingerprint density at radius 1 is 0.826 bits per heavy atom. The Bertz CT molecular complexity index is 1730. The molecule has 0 aliphatic rings. The molecule has 0 saturated heterocycles. The Kier molecular flexibility index (Phi) is 12.7. The van der Waals surface area contributed by atoms with E-state index in [4.69, 9.17) is 11.6 Å². The van der Waals surface area contributed by atoms with E-state index in [1.54, 1.807) is 18.2 Å². The van der Waals surface area contributed by atoms with Gasteiger partial charge >= 0.3 is 5.97 Å². The summed E-state index contributed by atoms with van der Waals surface area (Å²) in [6.07, 6.45) is 0.358. The molecule has 1 aromatic heterocycles. The number of ketones is 1. The lowest BCUT2D eigenvalue weighted by Gasteiger charge is -2.19. The molecule has 0 bridgehead atoms. The number of nitrogens with one attached hydrogen (secondary N) is 2. The van der Waals surface area contributed by atoms with Gasteiger partial charge in [0.15, 0.2) is 5.78 Å². The van der Waals surface area contributed by atoms with Crippen LogP contribution < -0.4 is 16.2 Å². The number of rotatable bonds is 16. The van der Waals surface area contributed by atoms with E-state index in [2.05, 4.69) is 10.6 Å². The number of carboxylic acids is 1. The number of carboxylic acid groups (broad SMARTS) is 1. The number of Topliss-reactive ketones (excluding diaryl/α,β-unsaturated/α-hetero) is 1. The number of carbonyl (C=O) groups is 4. The van der Waals surface area contributed by atoms with Gasteiger partial charge in [-0.05, 0) is 41.3 Å². The second-order valence-electron chi connectivity index (χ2n) is 10.6. The number of thioether (sulfide) groups is 1. The first kappa shape index (κ1) is 34.2. The van der Waals surface area contributed by atoms with Crippen LogP contribution in [0, 0.1) is 0 Å². The highest BCUT2D eigenvalue weighted by atomic mass is 35.5.